The molecule has 196 valence electrons. The topological polar surface area (TPSA) is 113 Å². The van der Waals surface area contributed by atoms with E-state index in [0.717, 1.165) is 5.56 Å². The van der Waals surface area contributed by atoms with Gasteiger partial charge in [-0.05, 0) is 78.9 Å². The van der Waals surface area contributed by atoms with Crippen molar-refractivity contribution in [3.63, 3.8) is 0 Å². The number of nitrogens with one attached hydrogen (secondary N) is 2. The van der Waals surface area contributed by atoms with Gasteiger partial charge in [-0.3, -0.25) is 0 Å². The molecule has 1 aromatic heterocycles. The quantitative estimate of drug-likeness (QED) is 0.286. The Balaban J connectivity index is 1.20. The number of anilines is 4. The molecule has 0 unspecified atom stereocenters. The third kappa shape index (κ3) is 5.99. The van der Waals surface area contributed by atoms with Crippen LogP contribution in [0.5, 0.6) is 0 Å². The summed E-state index contributed by atoms with van der Waals surface area (Å²) in [6.07, 6.45) is 3.02. The van der Waals surface area contributed by atoms with E-state index in [4.69, 9.17) is 5.73 Å². The number of hydrogen-bond acceptors (Lipinski definition) is 7. The molecule has 1 atom stereocenters. The van der Waals surface area contributed by atoms with E-state index < -0.39 is 10.0 Å². The SMILES string of the molecule is N[C@H](c1ccccc1)C1CCN(S(=O)(=O)c2ccc(Nc3nccc(Nc4ccc(F)cc4)n3)cc2)CC1. The van der Waals surface area contributed by atoms with Crippen molar-refractivity contribution in [2.45, 2.75) is 23.8 Å². The highest BCUT2D eigenvalue weighted by molar-refractivity contribution is 7.89. The molecular weight excluding hydrogens is 503 g/mol. The lowest BCUT2D eigenvalue weighted by molar-refractivity contribution is 0.245. The number of piperidine rings is 1. The highest BCUT2D eigenvalue weighted by Crippen LogP contribution is 2.31. The lowest BCUT2D eigenvalue weighted by Crippen LogP contribution is -2.40. The third-order valence-corrected chi connectivity index (χ3v) is 8.62. The second-order valence-electron chi connectivity index (χ2n) is 9.22. The van der Waals surface area contributed by atoms with Gasteiger partial charge in [-0.25, -0.2) is 17.8 Å². The predicted molar refractivity (Wildman–Crippen MR) is 146 cm³/mol. The summed E-state index contributed by atoms with van der Waals surface area (Å²) in [7, 11) is -3.61. The number of hydrogen-bond donors (Lipinski definition) is 3. The summed E-state index contributed by atoms with van der Waals surface area (Å²) in [4.78, 5) is 8.87. The largest absolute Gasteiger partial charge is 0.340 e. The number of rotatable bonds is 8. The number of aromatic nitrogens is 2. The Kier molecular flexibility index (Phi) is 7.64. The molecule has 1 aliphatic heterocycles. The van der Waals surface area contributed by atoms with E-state index in [9.17, 15) is 12.8 Å². The molecule has 8 nitrogen and oxygen atoms in total. The maximum atomic E-state index is 13.3. The first-order valence-electron chi connectivity index (χ1n) is 12.4. The summed E-state index contributed by atoms with van der Waals surface area (Å²) in [5.41, 5.74) is 8.89. The molecule has 0 spiro atoms. The van der Waals surface area contributed by atoms with Crippen molar-refractivity contribution in [2.75, 3.05) is 23.7 Å². The molecule has 0 aliphatic carbocycles. The molecule has 0 radical (unpaired) electrons. The van der Waals surface area contributed by atoms with E-state index in [0.29, 0.717) is 49.1 Å². The molecule has 0 saturated carbocycles. The predicted octanol–water partition coefficient (Wildman–Crippen LogP) is 5.20. The molecule has 1 saturated heterocycles. The highest BCUT2D eigenvalue weighted by Gasteiger charge is 2.32. The highest BCUT2D eigenvalue weighted by atomic mass is 32.2. The van der Waals surface area contributed by atoms with Crippen LogP contribution in [0, 0.1) is 11.7 Å². The average Bonchev–Trinajstić information content (AvgIpc) is 2.95. The monoisotopic (exact) mass is 532 g/mol. The molecule has 5 rings (SSSR count). The maximum absolute atomic E-state index is 13.3. The minimum atomic E-state index is -3.61. The van der Waals surface area contributed by atoms with E-state index in [-0.39, 0.29) is 22.7 Å². The van der Waals surface area contributed by atoms with Crippen LogP contribution in [0.15, 0.2) is 96.0 Å². The van der Waals surface area contributed by atoms with Crippen molar-refractivity contribution in [2.24, 2.45) is 11.7 Å². The molecule has 1 fully saturated rings. The summed E-state index contributed by atoms with van der Waals surface area (Å²) in [5, 5.41) is 6.18. The zero-order valence-electron chi connectivity index (χ0n) is 20.7. The number of sulfonamides is 1. The molecular formula is C28H29FN6O2S. The van der Waals surface area contributed by atoms with Gasteiger partial charge in [0, 0.05) is 36.7 Å². The van der Waals surface area contributed by atoms with Crippen LogP contribution < -0.4 is 16.4 Å². The van der Waals surface area contributed by atoms with E-state index in [1.807, 2.05) is 30.3 Å². The molecule has 10 heteroatoms. The Morgan fingerprint density at radius 3 is 2.18 bits per heavy atom. The van der Waals surface area contributed by atoms with Crippen LogP contribution in [0.25, 0.3) is 0 Å². The summed E-state index contributed by atoms with van der Waals surface area (Å²) < 4.78 is 41.2. The fourth-order valence-corrected chi connectivity index (χ4v) is 6.05. The van der Waals surface area contributed by atoms with Gasteiger partial charge in [0.15, 0.2) is 0 Å². The smallest absolute Gasteiger partial charge is 0.243 e. The molecule has 0 bridgehead atoms. The lowest BCUT2D eigenvalue weighted by atomic mass is 9.87. The second kappa shape index (κ2) is 11.3. The maximum Gasteiger partial charge on any atom is 0.243 e. The fourth-order valence-electron chi connectivity index (χ4n) is 4.58. The van der Waals surface area contributed by atoms with Crippen LogP contribution in [0.2, 0.25) is 0 Å². The Morgan fingerprint density at radius 2 is 1.50 bits per heavy atom. The van der Waals surface area contributed by atoms with Gasteiger partial charge in [0.1, 0.15) is 11.6 Å². The number of benzene rings is 3. The van der Waals surface area contributed by atoms with Crippen molar-refractivity contribution in [1.82, 2.24) is 14.3 Å². The average molecular weight is 533 g/mol. The molecule has 2 heterocycles. The van der Waals surface area contributed by atoms with Crippen LogP contribution >= 0.6 is 0 Å². The van der Waals surface area contributed by atoms with Gasteiger partial charge in [0.25, 0.3) is 0 Å². The molecule has 1 aliphatic rings. The van der Waals surface area contributed by atoms with Gasteiger partial charge in [0.05, 0.1) is 4.90 Å². The lowest BCUT2D eigenvalue weighted by Gasteiger charge is -2.34. The van der Waals surface area contributed by atoms with Crippen molar-refractivity contribution in [3.05, 3.63) is 103 Å². The van der Waals surface area contributed by atoms with Crippen LogP contribution in [0.1, 0.15) is 24.4 Å². The first-order valence-corrected chi connectivity index (χ1v) is 13.9. The van der Waals surface area contributed by atoms with Gasteiger partial charge in [-0.1, -0.05) is 30.3 Å². The Bertz CT molecular complexity index is 1460. The van der Waals surface area contributed by atoms with Gasteiger partial charge in [-0.2, -0.15) is 9.29 Å². The minimum absolute atomic E-state index is 0.0991. The standard InChI is InChI=1S/C28H29FN6O2S/c29-22-6-8-23(9-7-22)32-26-14-17-31-28(34-26)33-24-10-12-25(13-11-24)38(36,37)35-18-15-21(16-19-35)27(30)20-4-2-1-3-5-20/h1-14,17,21,27H,15-16,18-19,30H2,(H2,31,32,33,34)/t27-/m1/s1. The number of nitrogens with two attached hydrogens (primary N) is 1. The van der Waals surface area contributed by atoms with Crippen LogP contribution in [-0.4, -0.2) is 35.8 Å². The van der Waals surface area contributed by atoms with Crippen molar-refractivity contribution < 1.29 is 12.8 Å². The van der Waals surface area contributed by atoms with Crippen LogP contribution in [0.4, 0.5) is 27.5 Å². The Morgan fingerprint density at radius 1 is 0.868 bits per heavy atom. The van der Waals surface area contributed by atoms with Gasteiger partial charge in [0.2, 0.25) is 16.0 Å². The van der Waals surface area contributed by atoms with Gasteiger partial charge in [-0.15, -0.1) is 0 Å². The normalized spacial score (nSPS) is 15.6. The zero-order chi connectivity index (χ0) is 26.5. The van der Waals surface area contributed by atoms with Crippen LogP contribution in [-0.2, 0) is 10.0 Å². The summed E-state index contributed by atoms with van der Waals surface area (Å²) in [6, 6.07) is 24.0. The van der Waals surface area contributed by atoms with Gasteiger partial charge >= 0.3 is 0 Å². The van der Waals surface area contributed by atoms with Crippen molar-refractivity contribution >= 4 is 33.2 Å². The fraction of sp³-hybridized carbons (Fsp3) is 0.214. The molecule has 4 aromatic rings. The first-order chi connectivity index (χ1) is 18.4. The summed E-state index contributed by atoms with van der Waals surface area (Å²) in [6.45, 7) is 0.879. The van der Waals surface area contributed by atoms with E-state index in [1.165, 1.54) is 16.4 Å². The van der Waals surface area contributed by atoms with E-state index >= 15 is 0 Å². The minimum Gasteiger partial charge on any atom is -0.340 e. The van der Waals surface area contributed by atoms with Crippen LogP contribution in [0.3, 0.4) is 0 Å². The van der Waals surface area contributed by atoms with Crippen molar-refractivity contribution in [1.29, 1.82) is 0 Å². The molecule has 0 amide bonds. The van der Waals surface area contributed by atoms with E-state index in [2.05, 4.69) is 20.6 Å². The first kappa shape index (κ1) is 25.8. The van der Waals surface area contributed by atoms with Crippen molar-refractivity contribution in [3.8, 4) is 0 Å². The van der Waals surface area contributed by atoms with E-state index in [1.54, 1.807) is 48.7 Å². The molecule has 3 aromatic carbocycles. The third-order valence-electron chi connectivity index (χ3n) is 6.71. The number of halogens is 1. The molecule has 38 heavy (non-hydrogen) atoms. The zero-order valence-corrected chi connectivity index (χ0v) is 21.5. The summed E-state index contributed by atoms with van der Waals surface area (Å²) >= 11 is 0. The Hall–Kier alpha value is -3.86. The number of nitrogens with zero attached hydrogens (tertiary/aromatic N) is 3. The second-order valence-corrected chi connectivity index (χ2v) is 11.2. The van der Waals surface area contributed by atoms with Gasteiger partial charge < -0.3 is 16.4 Å². The summed E-state index contributed by atoms with van der Waals surface area (Å²) in [5.74, 6) is 0.791. The Labute approximate surface area is 221 Å². The molecule has 4 N–H and O–H groups in total.